The standard InChI is InChI=1S/C17H16F2N2O4/c1-23-16(22)9-2-5-13(21-8-9)15-7-12(20)11-4-3-10(24-17(18)19)6-14(11)25-15/h2-6,8,12,15,17H,7,20H2,1H3/t12-,15-/m1/s1. The zero-order valence-electron chi connectivity index (χ0n) is 13.3. The number of nitrogens with two attached hydrogens (primary N) is 1. The molecule has 0 spiro atoms. The maximum atomic E-state index is 12.4. The SMILES string of the molecule is COC(=O)c1ccc([C@H]2C[C@@H](N)c3ccc(OC(F)F)cc3O2)nc1. The van der Waals surface area contributed by atoms with Gasteiger partial charge in [-0.3, -0.25) is 4.98 Å². The lowest BCUT2D eigenvalue weighted by Crippen LogP contribution is -2.25. The summed E-state index contributed by atoms with van der Waals surface area (Å²) in [6.45, 7) is -2.92. The molecular formula is C17H16F2N2O4. The fourth-order valence-corrected chi connectivity index (χ4v) is 2.67. The van der Waals surface area contributed by atoms with Gasteiger partial charge in [-0.05, 0) is 18.2 Å². The molecule has 3 rings (SSSR count). The van der Waals surface area contributed by atoms with E-state index in [4.69, 9.17) is 10.5 Å². The summed E-state index contributed by atoms with van der Waals surface area (Å²) in [4.78, 5) is 15.7. The van der Waals surface area contributed by atoms with Gasteiger partial charge in [-0.15, -0.1) is 0 Å². The quantitative estimate of drug-likeness (QED) is 0.854. The number of aromatic nitrogens is 1. The largest absolute Gasteiger partial charge is 0.484 e. The van der Waals surface area contributed by atoms with Crippen LogP contribution in [-0.4, -0.2) is 24.7 Å². The van der Waals surface area contributed by atoms with Crippen LogP contribution in [-0.2, 0) is 4.74 Å². The normalized spacial score (nSPS) is 19.1. The van der Waals surface area contributed by atoms with Crippen LogP contribution in [0.3, 0.4) is 0 Å². The van der Waals surface area contributed by atoms with Gasteiger partial charge in [-0.25, -0.2) is 4.79 Å². The summed E-state index contributed by atoms with van der Waals surface area (Å²) >= 11 is 0. The summed E-state index contributed by atoms with van der Waals surface area (Å²) in [5.41, 5.74) is 7.76. The number of carbonyl (C=O) groups is 1. The molecule has 1 aliphatic heterocycles. The molecule has 0 saturated carbocycles. The Labute approximate surface area is 142 Å². The van der Waals surface area contributed by atoms with E-state index in [1.165, 1.54) is 25.4 Å². The lowest BCUT2D eigenvalue weighted by Gasteiger charge is -2.30. The second-order valence-electron chi connectivity index (χ2n) is 5.49. The molecule has 0 aliphatic carbocycles. The minimum Gasteiger partial charge on any atom is -0.484 e. The highest BCUT2D eigenvalue weighted by atomic mass is 19.3. The van der Waals surface area contributed by atoms with Crippen molar-refractivity contribution < 1.29 is 27.8 Å². The van der Waals surface area contributed by atoms with Crippen molar-refractivity contribution in [1.82, 2.24) is 4.98 Å². The van der Waals surface area contributed by atoms with Crippen LogP contribution in [0.25, 0.3) is 0 Å². The zero-order valence-corrected chi connectivity index (χ0v) is 13.3. The van der Waals surface area contributed by atoms with E-state index < -0.39 is 18.7 Å². The first kappa shape index (κ1) is 17.1. The van der Waals surface area contributed by atoms with Crippen LogP contribution < -0.4 is 15.2 Å². The minimum absolute atomic E-state index is 0.00408. The Morgan fingerprint density at radius 1 is 1.36 bits per heavy atom. The number of hydrogen-bond acceptors (Lipinski definition) is 6. The second kappa shape index (κ2) is 7.02. The van der Waals surface area contributed by atoms with Crippen molar-refractivity contribution in [3.05, 3.63) is 53.3 Å². The first-order valence-corrected chi connectivity index (χ1v) is 7.53. The molecule has 1 aromatic heterocycles. The predicted molar refractivity (Wildman–Crippen MR) is 83.6 cm³/mol. The van der Waals surface area contributed by atoms with Crippen LogP contribution in [0.4, 0.5) is 8.78 Å². The van der Waals surface area contributed by atoms with Crippen molar-refractivity contribution in [2.75, 3.05) is 7.11 Å². The van der Waals surface area contributed by atoms with Crippen LogP contribution in [0.15, 0.2) is 36.5 Å². The zero-order chi connectivity index (χ0) is 18.0. The van der Waals surface area contributed by atoms with E-state index in [-0.39, 0.29) is 11.8 Å². The summed E-state index contributed by atoms with van der Waals surface area (Å²) in [6, 6.07) is 7.32. The number of nitrogens with zero attached hydrogens (tertiary/aromatic N) is 1. The van der Waals surface area contributed by atoms with Crippen LogP contribution in [0.5, 0.6) is 11.5 Å². The van der Waals surface area contributed by atoms with Crippen molar-refractivity contribution in [3.63, 3.8) is 0 Å². The molecule has 1 aliphatic rings. The molecule has 0 saturated heterocycles. The van der Waals surface area contributed by atoms with Gasteiger partial charge in [0, 0.05) is 30.3 Å². The topological polar surface area (TPSA) is 83.7 Å². The van der Waals surface area contributed by atoms with Gasteiger partial charge in [0.15, 0.2) is 0 Å². The first-order valence-electron chi connectivity index (χ1n) is 7.53. The van der Waals surface area contributed by atoms with Crippen LogP contribution in [0.2, 0.25) is 0 Å². The second-order valence-corrected chi connectivity index (χ2v) is 5.49. The lowest BCUT2D eigenvalue weighted by molar-refractivity contribution is -0.0500. The molecule has 0 bridgehead atoms. The summed E-state index contributed by atoms with van der Waals surface area (Å²) in [6.07, 6.45) is 1.39. The molecular weight excluding hydrogens is 334 g/mol. The number of esters is 1. The molecule has 2 aromatic rings. The minimum atomic E-state index is -2.92. The highest BCUT2D eigenvalue weighted by Gasteiger charge is 2.28. The van der Waals surface area contributed by atoms with E-state index in [2.05, 4.69) is 14.5 Å². The number of methoxy groups -OCH3 is 1. The molecule has 2 heterocycles. The summed E-state index contributed by atoms with van der Waals surface area (Å²) in [5.74, 6) is -0.115. The Hall–Kier alpha value is -2.74. The highest BCUT2D eigenvalue weighted by molar-refractivity contribution is 5.88. The molecule has 132 valence electrons. The van der Waals surface area contributed by atoms with Crippen molar-refractivity contribution in [2.45, 2.75) is 25.2 Å². The van der Waals surface area contributed by atoms with Crippen LogP contribution in [0.1, 0.15) is 40.2 Å². The molecule has 8 heteroatoms. The Balaban J connectivity index is 1.83. The predicted octanol–water partition coefficient (Wildman–Crippen LogP) is 2.99. The van der Waals surface area contributed by atoms with Gasteiger partial charge in [0.1, 0.15) is 17.6 Å². The van der Waals surface area contributed by atoms with Crippen molar-refractivity contribution in [2.24, 2.45) is 5.73 Å². The van der Waals surface area contributed by atoms with E-state index in [9.17, 15) is 13.6 Å². The maximum absolute atomic E-state index is 12.4. The highest BCUT2D eigenvalue weighted by Crippen LogP contribution is 2.41. The van der Waals surface area contributed by atoms with Crippen molar-refractivity contribution in [3.8, 4) is 11.5 Å². The lowest BCUT2D eigenvalue weighted by atomic mass is 9.95. The molecule has 6 nitrogen and oxygen atoms in total. The number of alkyl halides is 2. The fraction of sp³-hybridized carbons (Fsp3) is 0.294. The van der Waals surface area contributed by atoms with Gasteiger partial charge in [0.25, 0.3) is 0 Å². The number of ether oxygens (including phenoxy) is 3. The smallest absolute Gasteiger partial charge is 0.387 e. The number of carbonyl (C=O) groups excluding carboxylic acids is 1. The number of fused-ring (bicyclic) bond motifs is 1. The van der Waals surface area contributed by atoms with Gasteiger partial charge in [0.05, 0.1) is 18.4 Å². The number of hydrogen-bond donors (Lipinski definition) is 1. The first-order chi connectivity index (χ1) is 12.0. The molecule has 1 aromatic carbocycles. The number of halogens is 2. The van der Waals surface area contributed by atoms with Crippen LogP contribution in [0, 0.1) is 0 Å². The maximum Gasteiger partial charge on any atom is 0.387 e. The Morgan fingerprint density at radius 2 is 2.16 bits per heavy atom. The Kier molecular flexibility index (Phi) is 4.80. The van der Waals surface area contributed by atoms with Gasteiger partial charge < -0.3 is 19.9 Å². The van der Waals surface area contributed by atoms with Crippen molar-refractivity contribution in [1.29, 1.82) is 0 Å². The third-order valence-corrected chi connectivity index (χ3v) is 3.88. The number of rotatable bonds is 4. The van der Waals surface area contributed by atoms with Crippen LogP contribution >= 0.6 is 0 Å². The van der Waals surface area contributed by atoms with E-state index >= 15 is 0 Å². The van der Waals surface area contributed by atoms with E-state index in [0.717, 1.165) is 0 Å². The molecule has 0 amide bonds. The fourth-order valence-electron chi connectivity index (χ4n) is 2.67. The summed E-state index contributed by atoms with van der Waals surface area (Å²) in [7, 11) is 1.29. The van der Waals surface area contributed by atoms with Gasteiger partial charge >= 0.3 is 12.6 Å². The average Bonchev–Trinajstić information content (AvgIpc) is 2.60. The van der Waals surface area contributed by atoms with E-state index in [0.29, 0.717) is 29.0 Å². The molecule has 0 fully saturated rings. The average molecular weight is 350 g/mol. The number of benzene rings is 1. The third-order valence-electron chi connectivity index (χ3n) is 3.88. The van der Waals surface area contributed by atoms with Gasteiger partial charge in [0.2, 0.25) is 0 Å². The molecule has 0 radical (unpaired) electrons. The molecule has 25 heavy (non-hydrogen) atoms. The third kappa shape index (κ3) is 3.69. The van der Waals surface area contributed by atoms with Gasteiger partial charge in [-0.2, -0.15) is 8.78 Å². The summed E-state index contributed by atoms with van der Waals surface area (Å²) in [5, 5.41) is 0. The van der Waals surface area contributed by atoms with E-state index in [1.807, 2.05) is 0 Å². The molecule has 2 N–H and O–H groups in total. The van der Waals surface area contributed by atoms with Gasteiger partial charge in [-0.1, -0.05) is 6.07 Å². The van der Waals surface area contributed by atoms with E-state index in [1.54, 1.807) is 18.2 Å². The van der Waals surface area contributed by atoms with Crippen molar-refractivity contribution >= 4 is 5.97 Å². The number of pyridine rings is 1. The Bertz CT molecular complexity index is 768. The molecule has 0 unspecified atom stereocenters. The summed E-state index contributed by atoms with van der Waals surface area (Å²) < 4.78 is 39.6. The molecule has 2 atom stereocenters. The monoisotopic (exact) mass is 350 g/mol. The Morgan fingerprint density at radius 3 is 2.80 bits per heavy atom.